The Morgan fingerprint density at radius 3 is 2.12 bits per heavy atom. The van der Waals surface area contributed by atoms with Crippen LogP contribution in [0.2, 0.25) is 0 Å². The lowest BCUT2D eigenvalue weighted by molar-refractivity contribution is -0.121. The summed E-state index contributed by atoms with van der Waals surface area (Å²) in [6.07, 6.45) is 10.1. The van der Waals surface area contributed by atoms with Crippen molar-refractivity contribution in [1.29, 1.82) is 0 Å². The minimum Gasteiger partial charge on any atom is -0.356 e. The quantitative estimate of drug-likeness (QED) is 0.787. The summed E-state index contributed by atoms with van der Waals surface area (Å²) in [5.41, 5.74) is 1.15. The average Bonchev–Trinajstić information content (AvgIpc) is 2.61. The molecule has 4 aliphatic rings. The van der Waals surface area contributed by atoms with Crippen molar-refractivity contribution in [3.8, 4) is 0 Å². The summed E-state index contributed by atoms with van der Waals surface area (Å²) in [7, 11) is 0. The maximum atomic E-state index is 12.1. The zero-order valence-electron chi connectivity index (χ0n) is 15.5. The van der Waals surface area contributed by atoms with Gasteiger partial charge in [-0.25, -0.2) is 0 Å². The molecule has 2 N–H and O–H groups in total. The van der Waals surface area contributed by atoms with Crippen LogP contribution in [0.15, 0.2) is 30.3 Å². The summed E-state index contributed by atoms with van der Waals surface area (Å²) in [4.78, 5) is 24.0. The number of amides is 2. The van der Waals surface area contributed by atoms with Crippen LogP contribution in [-0.4, -0.2) is 24.9 Å². The first-order valence-corrected chi connectivity index (χ1v) is 10.2. The normalized spacial score (nSPS) is 31.6. The molecule has 4 bridgehead atoms. The van der Waals surface area contributed by atoms with E-state index in [1.165, 1.54) is 38.5 Å². The van der Waals surface area contributed by atoms with E-state index in [4.69, 9.17) is 0 Å². The van der Waals surface area contributed by atoms with Crippen LogP contribution in [0.25, 0.3) is 0 Å². The number of benzene rings is 1. The van der Waals surface area contributed by atoms with Crippen LogP contribution in [0.1, 0.15) is 61.7 Å². The second kappa shape index (κ2) is 7.42. The largest absolute Gasteiger partial charge is 0.356 e. The second-order valence-electron chi connectivity index (χ2n) is 8.89. The first-order chi connectivity index (χ1) is 12.6. The molecule has 2 amide bonds. The van der Waals surface area contributed by atoms with Crippen LogP contribution in [0, 0.1) is 23.2 Å². The van der Waals surface area contributed by atoms with E-state index >= 15 is 0 Å². The minimum atomic E-state index is -0.119. The average molecular weight is 354 g/mol. The van der Waals surface area contributed by atoms with Crippen LogP contribution in [0.5, 0.6) is 0 Å². The van der Waals surface area contributed by atoms with Gasteiger partial charge in [0, 0.05) is 25.1 Å². The number of carbonyl (C=O) groups is 2. The van der Waals surface area contributed by atoms with E-state index in [0.717, 1.165) is 30.7 Å². The number of hydrogen-bond acceptors (Lipinski definition) is 2. The van der Waals surface area contributed by atoms with Gasteiger partial charge in [0.15, 0.2) is 0 Å². The highest BCUT2D eigenvalue weighted by Crippen LogP contribution is 2.61. The Hall–Kier alpha value is -1.84. The molecule has 0 aliphatic heterocycles. The first-order valence-electron chi connectivity index (χ1n) is 10.2. The molecule has 5 rings (SSSR count). The van der Waals surface area contributed by atoms with Crippen molar-refractivity contribution in [2.24, 2.45) is 23.2 Å². The van der Waals surface area contributed by atoms with E-state index in [-0.39, 0.29) is 11.8 Å². The van der Waals surface area contributed by atoms with Crippen molar-refractivity contribution in [2.45, 2.75) is 51.4 Å². The predicted molar refractivity (Wildman–Crippen MR) is 102 cm³/mol. The third-order valence-corrected chi connectivity index (χ3v) is 6.82. The van der Waals surface area contributed by atoms with Gasteiger partial charge in [-0.2, -0.15) is 0 Å². The zero-order valence-corrected chi connectivity index (χ0v) is 15.5. The van der Waals surface area contributed by atoms with Gasteiger partial charge in [-0.15, -0.1) is 0 Å². The van der Waals surface area contributed by atoms with Crippen LogP contribution < -0.4 is 10.6 Å². The lowest BCUT2D eigenvalue weighted by atomic mass is 9.49. The molecule has 0 spiro atoms. The standard InChI is InChI=1S/C22H30N2O2/c25-20(6-8-24-21(26)19-4-2-1-3-5-19)23-9-7-22-13-16-10-17(14-22)12-18(11-16)15-22/h1-5,16-18H,6-15H2,(H,23,25)(H,24,26). The Kier molecular flexibility index (Phi) is 5.01. The molecule has 140 valence electrons. The molecule has 0 aromatic heterocycles. The van der Waals surface area contributed by atoms with Crippen molar-refractivity contribution in [1.82, 2.24) is 10.6 Å². The van der Waals surface area contributed by atoms with Gasteiger partial charge in [-0.3, -0.25) is 9.59 Å². The van der Waals surface area contributed by atoms with Crippen LogP contribution in [0.4, 0.5) is 0 Å². The molecule has 1 aromatic rings. The van der Waals surface area contributed by atoms with Gasteiger partial charge in [0.05, 0.1) is 0 Å². The van der Waals surface area contributed by atoms with Gasteiger partial charge in [0.1, 0.15) is 0 Å². The Morgan fingerprint density at radius 1 is 0.885 bits per heavy atom. The maximum Gasteiger partial charge on any atom is 0.251 e. The molecule has 0 unspecified atom stereocenters. The lowest BCUT2D eigenvalue weighted by Crippen LogP contribution is -2.47. The van der Waals surface area contributed by atoms with Crippen LogP contribution in [-0.2, 0) is 4.79 Å². The Labute approximate surface area is 156 Å². The van der Waals surface area contributed by atoms with Gasteiger partial charge in [0.2, 0.25) is 5.91 Å². The second-order valence-corrected chi connectivity index (χ2v) is 8.89. The van der Waals surface area contributed by atoms with Gasteiger partial charge in [-0.05, 0) is 80.2 Å². The molecule has 1 aromatic carbocycles. The fourth-order valence-corrected chi connectivity index (χ4v) is 6.13. The van der Waals surface area contributed by atoms with E-state index in [1.54, 1.807) is 12.1 Å². The van der Waals surface area contributed by atoms with Crippen molar-refractivity contribution < 1.29 is 9.59 Å². The summed E-state index contributed by atoms with van der Waals surface area (Å²) in [6.45, 7) is 1.18. The van der Waals surface area contributed by atoms with Crippen molar-refractivity contribution >= 4 is 11.8 Å². The molecule has 4 saturated carbocycles. The monoisotopic (exact) mass is 354 g/mol. The molecule has 0 atom stereocenters. The SMILES string of the molecule is O=C(CCNC(=O)c1ccccc1)NCCC12CC3CC(CC(C3)C1)C2. The first kappa shape index (κ1) is 17.6. The topological polar surface area (TPSA) is 58.2 Å². The molecule has 4 heteroatoms. The summed E-state index contributed by atoms with van der Waals surface area (Å²) in [5, 5.41) is 5.90. The Bertz CT molecular complexity index is 620. The maximum absolute atomic E-state index is 12.1. The van der Waals surface area contributed by atoms with Crippen molar-refractivity contribution in [3.05, 3.63) is 35.9 Å². The van der Waals surface area contributed by atoms with E-state index in [9.17, 15) is 9.59 Å². The molecule has 4 fully saturated rings. The molecular weight excluding hydrogens is 324 g/mol. The fraction of sp³-hybridized carbons (Fsp3) is 0.636. The highest BCUT2D eigenvalue weighted by atomic mass is 16.2. The zero-order chi connectivity index (χ0) is 18.0. The predicted octanol–water partition coefficient (Wildman–Crippen LogP) is 3.53. The Balaban J connectivity index is 1.15. The van der Waals surface area contributed by atoms with Crippen molar-refractivity contribution in [2.75, 3.05) is 13.1 Å². The molecule has 0 radical (unpaired) electrons. The highest BCUT2D eigenvalue weighted by molar-refractivity contribution is 5.94. The minimum absolute atomic E-state index is 0.0445. The van der Waals surface area contributed by atoms with E-state index in [2.05, 4.69) is 10.6 Å². The summed E-state index contributed by atoms with van der Waals surface area (Å²) in [5.74, 6) is 2.82. The van der Waals surface area contributed by atoms with Gasteiger partial charge in [-0.1, -0.05) is 18.2 Å². The smallest absolute Gasteiger partial charge is 0.251 e. The van der Waals surface area contributed by atoms with E-state index in [1.807, 2.05) is 18.2 Å². The van der Waals surface area contributed by atoms with Crippen LogP contribution >= 0.6 is 0 Å². The number of nitrogens with one attached hydrogen (secondary N) is 2. The summed E-state index contributed by atoms with van der Waals surface area (Å²) >= 11 is 0. The highest BCUT2D eigenvalue weighted by Gasteiger charge is 2.50. The molecule has 4 aliphatic carbocycles. The van der Waals surface area contributed by atoms with E-state index in [0.29, 0.717) is 23.9 Å². The third kappa shape index (κ3) is 3.94. The lowest BCUT2D eigenvalue weighted by Gasteiger charge is -2.57. The van der Waals surface area contributed by atoms with E-state index < -0.39 is 0 Å². The summed E-state index contributed by atoms with van der Waals surface area (Å²) in [6, 6.07) is 9.12. The van der Waals surface area contributed by atoms with Gasteiger partial charge < -0.3 is 10.6 Å². The molecular formula is C22H30N2O2. The molecule has 26 heavy (non-hydrogen) atoms. The van der Waals surface area contributed by atoms with Gasteiger partial charge in [0.25, 0.3) is 5.91 Å². The number of hydrogen-bond donors (Lipinski definition) is 2. The molecule has 0 heterocycles. The number of carbonyl (C=O) groups excluding carboxylic acids is 2. The van der Waals surface area contributed by atoms with Crippen LogP contribution in [0.3, 0.4) is 0 Å². The van der Waals surface area contributed by atoms with Gasteiger partial charge >= 0.3 is 0 Å². The third-order valence-electron chi connectivity index (χ3n) is 6.82. The molecule has 0 saturated heterocycles. The Morgan fingerprint density at radius 2 is 1.50 bits per heavy atom. The molecule has 4 nitrogen and oxygen atoms in total. The fourth-order valence-electron chi connectivity index (χ4n) is 6.13. The van der Waals surface area contributed by atoms with Crippen molar-refractivity contribution in [3.63, 3.8) is 0 Å². The summed E-state index contributed by atoms with van der Waals surface area (Å²) < 4.78 is 0. The number of rotatable bonds is 7.